The summed E-state index contributed by atoms with van der Waals surface area (Å²) in [5.41, 5.74) is 1.13. The molecule has 0 aliphatic rings. The lowest BCUT2D eigenvalue weighted by molar-refractivity contribution is -0.384. The molecule has 0 saturated carbocycles. The van der Waals surface area contributed by atoms with Gasteiger partial charge in [-0.15, -0.1) is 0 Å². The Morgan fingerprint density at radius 1 is 1.04 bits per heavy atom. The molecule has 130 valence electrons. The van der Waals surface area contributed by atoms with Crippen molar-refractivity contribution in [3.05, 3.63) is 76.3 Å². The van der Waals surface area contributed by atoms with E-state index in [4.69, 9.17) is 9.47 Å². The van der Waals surface area contributed by atoms with E-state index in [2.05, 4.69) is 4.98 Å². The highest BCUT2D eigenvalue weighted by molar-refractivity contribution is 5.76. The fourth-order valence-corrected chi connectivity index (χ4v) is 2.40. The van der Waals surface area contributed by atoms with Gasteiger partial charge in [-0.25, -0.2) is 4.98 Å². The smallest absolute Gasteiger partial charge is 0.295 e. The van der Waals surface area contributed by atoms with Crippen LogP contribution in [-0.4, -0.2) is 23.3 Å². The highest BCUT2D eigenvalue weighted by Crippen LogP contribution is 2.34. The van der Waals surface area contributed by atoms with Gasteiger partial charge in [0, 0.05) is 23.3 Å². The quantitative estimate of drug-likeness (QED) is 0.374. The van der Waals surface area contributed by atoms with Gasteiger partial charge in [-0.3, -0.25) is 14.9 Å². The minimum absolute atomic E-state index is 0.119. The van der Waals surface area contributed by atoms with E-state index in [1.165, 1.54) is 25.3 Å². The second-order valence-electron chi connectivity index (χ2n) is 5.27. The molecule has 2 aromatic carbocycles. The highest BCUT2D eigenvalue weighted by atomic mass is 16.6. The molecule has 1 heterocycles. The van der Waals surface area contributed by atoms with Gasteiger partial charge in [0.2, 0.25) is 5.88 Å². The first kappa shape index (κ1) is 17.1. The molecule has 0 unspecified atom stereocenters. The Morgan fingerprint density at radius 2 is 1.81 bits per heavy atom. The van der Waals surface area contributed by atoms with Gasteiger partial charge in [-0.2, -0.15) is 0 Å². The van der Waals surface area contributed by atoms with E-state index in [9.17, 15) is 14.9 Å². The van der Waals surface area contributed by atoms with Crippen molar-refractivity contribution in [2.24, 2.45) is 0 Å². The van der Waals surface area contributed by atoms with Crippen molar-refractivity contribution in [2.45, 2.75) is 0 Å². The monoisotopic (exact) mass is 350 g/mol. The van der Waals surface area contributed by atoms with Crippen LogP contribution in [0.15, 0.2) is 60.7 Å². The molecule has 0 fully saturated rings. The van der Waals surface area contributed by atoms with Crippen molar-refractivity contribution >= 4 is 12.0 Å². The van der Waals surface area contributed by atoms with Crippen LogP contribution in [0.1, 0.15) is 10.4 Å². The molecule has 1 aromatic heterocycles. The van der Waals surface area contributed by atoms with Gasteiger partial charge in [-0.1, -0.05) is 30.3 Å². The molecule has 0 bridgehead atoms. The van der Waals surface area contributed by atoms with E-state index < -0.39 is 4.92 Å². The number of carbonyl (C=O) groups excluding carboxylic acids is 1. The standard InChI is InChI=1S/C19H14N2O5/c1-25-17-11-13(12-22)7-9-16(17)26-18-10-8-15(21(23)24)19(20-18)14-5-3-2-4-6-14/h2-12H,1H3. The van der Waals surface area contributed by atoms with Crippen molar-refractivity contribution in [1.29, 1.82) is 0 Å². The van der Waals surface area contributed by atoms with Gasteiger partial charge in [0.25, 0.3) is 5.69 Å². The predicted molar refractivity (Wildman–Crippen MR) is 94.8 cm³/mol. The first-order valence-corrected chi connectivity index (χ1v) is 7.64. The molecule has 0 atom stereocenters. The van der Waals surface area contributed by atoms with E-state index >= 15 is 0 Å². The molecule has 0 aliphatic carbocycles. The zero-order chi connectivity index (χ0) is 18.5. The Balaban J connectivity index is 2.02. The van der Waals surface area contributed by atoms with Crippen molar-refractivity contribution in [2.75, 3.05) is 7.11 Å². The zero-order valence-corrected chi connectivity index (χ0v) is 13.8. The van der Waals surface area contributed by atoms with Crippen LogP contribution >= 0.6 is 0 Å². The number of pyridine rings is 1. The van der Waals surface area contributed by atoms with Crippen LogP contribution in [0, 0.1) is 10.1 Å². The van der Waals surface area contributed by atoms with Crippen molar-refractivity contribution in [1.82, 2.24) is 4.98 Å². The lowest BCUT2D eigenvalue weighted by atomic mass is 10.1. The van der Waals surface area contributed by atoms with Gasteiger partial charge in [-0.05, 0) is 18.2 Å². The molecule has 26 heavy (non-hydrogen) atoms. The van der Waals surface area contributed by atoms with Crippen LogP contribution in [0.5, 0.6) is 17.4 Å². The third-order valence-corrected chi connectivity index (χ3v) is 3.63. The minimum atomic E-state index is -0.488. The molecule has 0 aliphatic heterocycles. The molecule has 3 rings (SSSR count). The average Bonchev–Trinajstić information content (AvgIpc) is 2.68. The molecule has 0 saturated heterocycles. The summed E-state index contributed by atoms with van der Waals surface area (Å²) in [5.74, 6) is 0.876. The highest BCUT2D eigenvalue weighted by Gasteiger charge is 2.19. The number of benzene rings is 2. The molecule has 0 radical (unpaired) electrons. The summed E-state index contributed by atoms with van der Waals surface area (Å²) < 4.78 is 10.9. The summed E-state index contributed by atoms with van der Waals surface area (Å²) in [7, 11) is 1.45. The number of hydrogen-bond donors (Lipinski definition) is 0. The van der Waals surface area contributed by atoms with Crippen molar-refractivity contribution in [3.63, 3.8) is 0 Å². The maximum atomic E-state index is 11.3. The molecule has 7 nitrogen and oxygen atoms in total. The summed E-state index contributed by atoms with van der Waals surface area (Å²) in [6, 6.07) is 16.3. The second-order valence-corrected chi connectivity index (χ2v) is 5.27. The maximum absolute atomic E-state index is 11.3. The number of hydrogen-bond acceptors (Lipinski definition) is 6. The number of aldehydes is 1. The normalized spacial score (nSPS) is 10.2. The van der Waals surface area contributed by atoms with Crippen LogP contribution in [0.3, 0.4) is 0 Å². The van der Waals surface area contributed by atoms with E-state index in [0.29, 0.717) is 28.9 Å². The fourth-order valence-electron chi connectivity index (χ4n) is 2.40. The summed E-state index contributed by atoms with van der Waals surface area (Å²) in [4.78, 5) is 26.0. The summed E-state index contributed by atoms with van der Waals surface area (Å²) in [6.07, 6.45) is 0.698. The van der Waals surface area contributed by atoms with E-state index in [0.717, 1.165) is 0 Å². The fraction of sp³-hybridized carbons (Fsp3) is 0.0526. The van der Waals surface area contributed by atoms with Crippen molar-refractivity contribution < 1.29 is 19.2 Å². The second kappa shape index (κ2) is 7.43. The van der Waals surface area contributed by atoms with E-state index in [1.807, 2.05) is 6.07 Å². The van der Waals surface area contributed by atoms with Crippen LogP contribution < -0.4 is 9.47 Å². The third kappa shape index (κ3) is 3.51. The van der Waals surface area contributed by atoms with Gasteiger partial charge < -0.3 is 9.47 Å². The Morgan fingerprint density at radius 3 is 2.46 bits per heavy atom. The Bertz CT molecular complexity index is 957. The summed E-state index contributed by atoms with van der Waals surface area (Å²) >= 11 is 0. The third-order valence-electron chi connectivity index (χ3n) is 3.63. The number of ether oxygens (including phenoxy) is 2. The summed E-state index contributed by atoms with van der Waals surface area (Å²) in [6.45, 7) is 0. The number of rotatable bonds is 6. The van der Waals surface area contributed by atoms with Crippen LogP contribution in [0.2, 0.25) is 0 Å². The van der Waals surface area contributed by atoms with Crippen LogP contribution in [0.4, 0.5) is 5.69 Å². The average molecular weight is 350 g/mol. The maximum Gasteiger partial charge on any atom is 0.295 e. The minimum Gasteiger partial charge on any atom is -0.493 e. The number of aromatic nitrogens is 1. The predicted octanol–water partition coefficient (Wildman–Crippen LogP) is 4.27. The van der Waals surface area contributed by atoms with Gasteiger partial charge in [0.05, 0.1) is 12.0 Å². The first-order chi connectivity index (χ1) is 12.6. The Labute approximate surface area is 149 Å². The van der Waals surface area contributed by atoms with E-state index in [1.54, 1.807) is 36.4 Å². The summed E-state index contributed by atoms with van der Waals surface area (Å²) in [5, 5.41) is 11.3. The topological polar surface area (TPSA) is 91.6 Å². The van der Waals surface area contributed by atoms with Crippen LogP contribution in [0.25, 0.3) is 11.3 Å². The number of nitrogens with zero attached hydrogens (tertiary/aromatic N) is 2. The van der Waals surface area contributed by atoms with Gasteiger partial charge in [0.1, 0.15) is 6.29 Å². The Hall–Kier alpha value is -3.74. The molecule has 0 N–H and O–H groups in total. The van der Waals surface area contributed by atoms with Gasteiger partial charge >= 0.3 is 0 Å². The molecular formula is C19H14N2O5. The van der Waals surface area contributed by atoms with Crippen molar-refractivity contribution in [3.8, 4) is 28.6 Å². The molecule has 0 spiro atoms. The SMILES string of the molecule is COc1cc(C=O)ccc1Oc1ccc([N+](=O)[O-])c(-c2ccccc2)n1. The van der Waals surface area contributed by atoms with Gasteiger partial charge in [0.15, 0.2) is 17.2 Å². The zero-order valence-electron chi connectivity index (χ0n) is 13.8. The lowest BCUT2D eigenvalue weighted by Crippen LogP contribution is -1.98. The first-order valence-electron chi connectivity index (χ1n) is 7.64. The number of nitro groups is 1. The molecule has 3 aromatic rings. The molecular weight excluding hydrogens is 336 g/mol. The van der Waals surface area contributed by atoms with E-state index in [-0.39, 0.29) is 17.3 Å². The number of carbonyl (C=O) groups is 1. The lowest BCUT2D eigenvalue weighted by Gasteiger charge is -2.11. The molecule has 7 heteroatoms. The van der Waals surface area contributed by atoms with Crippen LogP contribution in [-0.2, 0) is 0 Å². The molecule has 0 amide bonds. The number of methoxy groups -OCH3 is 1. The Kier molecular flexibility index (Phi) is 4.89. The largest absolute Gasteiger partial charge is 0.493 e.